The summed E-state index contributed by atoms with van der Waals surface area (Å²) in [4.78, 5) is 16.8. The Morgan fingerprint density at radius 1 is 1.07 bits per heavy atom. The minimum atomic E-state index is -3.20. The second kappa shape index (κ2) is 9.33. The molecular weight excluding hydrogens is 381 g/mol. The van der Waals surface area contributed by atoms with Crippen LogP contribution in [-0.4, -0.2) is 72.9 Å². The molecule has 1 amide bonds. The van der Waals surface area contributed by atoms with Gasteiger partial charge < -0.3 is 4.90 Å². The van der Waals surface area contributed by atoms with E-state index in [4.69, 9.17) is 0 Å². The zero-order valence-corrected chi connectivity index (χ0v) is 17.3. The molecule has 1 atom stereocenters. The second-order valence-corrected chi connectivity index (χ2v) is 9.74. The molecular formula is C20H30FN3O3S. The highest BCUT2D eigenvalue weighted by molar-refractivity contribution is 7.89. The standard InChI is InChI=1S/C20H30FN3O3S/c1-2-3-15-28(26,27)24-11-4-10-22(13-14-24)19-9-12-23(20(19)25)16-17-5-7-18(21)8-6-17/h5-8,19H,2-4,9-16H2,1H3. The number of carbonyl (C=O) groups excluding carboxylic acids is 1. The topological polar surface area (TPSA) is 60.9 Å². The molecule has 0 aromatic heterocycles. The zero-order valence-electron chi connectivity index (χ0n) is 16.5. The summed E-state index contributed by atoms with van der Waals surface area (Å²) in [6.07, 6.45) is 3.04. The molecule has 0 saturated carbocycles. The van der Waals surface area contributed by atoms with Crippen molar-refractivity contribution < 1.29 is 17.6 Å². The number of amides is 1. The van der Waals surface area contributed by atoms with E-state index in [1.807, 2.05) is 11.8 Å². The average molecular weight is 412 g/mol. The summed E-state index contributed by atoms with van der Waals surface area (Å²) in [5.74, 6) is 0.0149. The first-order valence-electron chi connectivity index (χ1n) is 10.2. The van der Waals surface area contributed by atoms with E-state index in [0.29, 0.717) is 39.1 Å². The molecule has 0 radical (unpaired) electrons. The minimum absolute atomic E-state index is 0.0895. The van der Waals surface area contributed by atoms with Crippen LogP contribution in [0.1, 0.15) is 38.2 Å². The van der Waals surface area contributed by atoms with E-state index in [9.17, 15) is 17.6 Å². The quantitative estimate of drug-likeness (QED) is 0.689. The number of rotatable bonds is 7. The molecule has 0 aliphatic carbocycles. The number of sulfonamides is 1. The van der Waals surface area contributed by atoms with E-state index < -0.39 is 10.0 Å². The predicted molar refractivity (Wildman–Crippen MR) is 107 cm³/mol. The molecule has 28 heavy (non-hydrogen) atoms. The number of unbranched alkanes of at least 4 members (excludes halogenated alkanes) is 1. The van der Waals surface area contributed by atoms with Gasteiger partial charge in [-0.15, -0.1) is 0 Å². The molecule has 3 rings (SSSR count). The fraction of sp³-hybridized carbons (Fsp3) is 0.650. The second-order valence-electron chi connectivity index (χ2n) is 7.65. The molecule has 0 spiro atoms. The molecule has 0 N–H and O–H groups in total. The van der Waals surface area contributed by atoms with Crippen LogP contribution in [0.2, 0.25) is 0 Å². The van der Waals surface area contributed by atoms with Gasteiger partial charge in [-0.1, -0.05) is 25.5 Å². The van der Waals surface area contributed by atoms with Crippen LogP contribution in [-0.2, 0) is 21.4 Å². The van der Waals surface area contributed by atoms with Crippen molar-refractivity contribution in [3.8, 4) is 0 Å². The lowest BCUT2D eigenvalue weighted by Crippen LogP contribution is -2.44. The maximum Gasteiger partial charge on any atom is 0.240 e. The molecule has 2 saturated heterocycles. The van der Waals surface area contributed by atoms with Crippen LogP contribution < -0.4 is 0 Å². The number of halogens is 1. The van der Waals surface area contributed by atoms with E-state index in [0.717, 1.165) is 31.4 Å². The third kappa shape index (κ3) is 5.10. The Hall–Kier alpha value is -1.51. The van der Waals surface area contributed by atoms with Crippen LogP contribution >= 0.6 is 0 Å². The highest BCUT2D eigenvalue weighted by Crippen LogP contribution is 2.22. The highest BCUT2D eigenvalue weighted by Gasteiger charge is 2.37. The molecule has 2 aliphatic rings. The summed E-state index contributed by atoms with van der Waals surface area (Å²) in [6.45, 7) is 5.46. The summed E-state index contributed by atoms with van der Waals surface area (Å²) >= 11 is 0. The molecule has 2 fully saturated rings. The minimum Gasteiger partial charge on any atom is -0.337 e. The van der Waals surface area contributed by atoms with Gasteiger partial charge in [0, 0.05) is 39.3 Å². The SMILES string of the molecule is CCCCS(=O)(=O)N1CCCN(C2CCN(Cc3ccc(F)cc3)C2=O)CC1. The molecule has 2 aliphatic heterocycles. The van der Waals surface area contributed by atoms with Crippen molar-refractivity contribution in [2.24, 2.45) is 0 Å². The Kier molecular flexibility index (Phi) is 7.06. The van der Waals surface area contributed by atoms with E-state index in [1.54, 1.807) is 16.4 Å². The van der Waals surface area contributed by atoms with Crippen LogP contribution in [0.4, 0.5) is 4.39 Å². The van der Waals surface area contributed by atoms with E-state index >= 15 is 0 Å². The van der Waals surface area contributed by atoms with Crippen molar-refractivity contribution in [2.75, 3.05) is 38.5 Å². The predicted octanol–water partition coefficient (Wildman–Crippen LogP) is 2.06. The highest BCUT2D eigenvalue weighted by atomic mass is 32.2. The largest absolute Gasteiger partial charge is 0.337 e. The molecule has 0 bridgehead atoms. The third-order valence-corrected chi connectivity index (χ3v) is 7.59. The summed E-state index contributed by atoms with van der Waals surface area (Å²) in [6, 6.07) is 6.06. The average Bonchev–Trinajstić information content (AvgIpc) is 2.88. The van der Waals surface area contributed by atoms with Crippen LogP contribution in [0, 0.1) is 5.82 Å². The Labute approximate surface area is 167 Å². The van der Waals surface area contributed by atoms with Gasteiger partial charge in [0.2, 0.25) is 15.9 Å². The maximum atomic E-state index is 13.1. The number of likely N-dealkylation sites (tertiary alicyclic amines) is 1. The zero-order chi connectivity index (χ0) is 20.1. The van der Waals surface area contributed by atoms with Crippen LogP contribution in [0.3, 0.4) is 0 Å². The molecule has 1 aromatic rings. The van der Waals surface area contributed by atoms with E-state index in [1.165, 1.54) is 12.1 Å². The number of benzene rings is 1. The monoisotopic (exact) mass is 411 g/mol. The summed E-state index contributed by atoms with van der Waals surface area (Å²) in [5, 5.41) is 0. The first kappa shape index (κ1) is 21.2. The first-order valence-corrected chi connectivity index (χ1v) is 11.8. The fourth-order valence-corrected chi connectivity index (χ4v) is 5.67. The summed E-state index contributed by atoms with van der Waals surface area (Å²) < 4.78 is 39.6. The molecule has 6 nitrogen and oxygen atoms in total. The lowest BCUT2D eigenvalue weighted by atomic mass is 10.2. The van der Waals surface area contributed by atoms with Crippen molar-refractivity contribution in [3.05, 3.63) is 35.6 Å². The van der Waals surface area contributed by atoms with Crippen molar-refractivity contribution in [1.82, 2.24) is 14.1 Å². The third-order valence-electron chi connectivity index (χ3n) is 5.64. The summed E-state index contributed by atoms with van der Waals surface area (Å²) in [5.41, 5.74) is 0.916. The Morgan fingerprint density at radius 3 is 2.54 bits per heavy atom. The van der Waals surface area contributed by atoms with Gasteiger partial charge in [0.05, 0.1) is 11.8 Å². The first-order chi connectivity index (χ1) is 13.4. The molecule has 1 unspecified atom stereocenters. The van der Waals surface area contributed by atoms with Gasteiger partial charge in [-0.2, -0.15) is 0 Å². The number of nitrogens with zero attached hydrogens (tertiary/aromatic N) is 3. The van der Waals surface area contributed by atoms with Gasteiger partial charge in [0.1, 0.15) is 5.82 Å². The molecule has 1 aromatic carbocycles. The van der Waals surface area contributed by atoms with Gasteiger partial charge in [-0.25, -0.2) is 17.1 Å². The molecule has 8 heteroatoms. The Bertz CT molecular complexity index is 769. The van der Waals surface area contributed by atoms with Crippen molar-refractivity contribution in [2.45, 2.75) is 45.2 Å². The van der Waals surface area contributed by atoms with Gasteiger partial charge in [0.25, 0.3) is 0 Å². The van der Waals surface area contributed by atoms with E-state index in [2.05, 4.69) is 4.90 Å². The lowest BCUT2D eigenvalue weighted by Gasteiger charge is -2.26. The van der Waals surface area contributed by atoms with Crippen molar-refractivity contribution in [1.29, 1.82) is 0 Å². The van der Waals surface area contributed by atoms with E-state index in [-0.39, 0.29) is 23.5 Å². The number of hydrogen-bond acceptors (Lipinski definition) is 4. The van der Waals surface area contributed by atoms with Gasteiger partial charge in [-0.3, -0.25) is 9.69 Å². The fourth-order valence-electron chi connectivity index (χ4n) is 3.99. The van der Waals surface area contributed by atoms with Crippen LogP contribution in [0.15, 0.2) is 24.3 Å². The Morgan fingerprint density at radius 2 is 1.82 bits per heavy atom. The Balaban J connectivity index is 1.57. The van der Waals surface area contributed by atoms with Gasteiger partial charge in [-0.05, 0) is 37.0 Å². The number of carbonyl (C=O) groups is 1. The van der Waals surface area contributed by atoms with Crippen molar-refractivity contribution in [3.63, 3.8) is 0 Å². The van der Waals surface area contributed by atoms with Crippen LogP contribution in [0.5, 0.6) is 0 Å². The number of hydrogen-bond donors (Lipinski definition) is 0. The summed E-state index contributed by atoms with van der Waals surface area (Å²) in [7, 11) is -3.20. The smallest absolute Gasteiger partial charge is 0.240 e. The molecule has 156 valence electrons. The van der Waals surface area contributed by atoms with Crippen LogP contribution in [0.25, 0.3) is 0 Å². The lowest BCUT2D eigenvalue weighted by molar-refractivity contribution is -0.132. The van der Waals surface area contributed by atoms with Gasteiger partial charge in [0.15, 0.2) is 0 Å². The maximum absolute atomic E-state index is 13.1. The molecule has 2 heterocycles. The van der Waals surface area contributed by atoms with Crippen molar-refractivity contribution >= 4 is 15.9 Å². The normalized spacial score (nSPS) is 22.6. The van der Waals surface area contributed by atoms with Gasteiger partial charge >= 0.3 is 0 Å².